The summed E-state index contributed by atoms with van der Waals surface area (Å²) in [6.45, 7) is 3.18. The number of carbonyl (C=O) groups excluding carboxylic acids is 2. The van der Waals surface area contributed by atoms with Crippen LogP contribution in [0.25, 0.3) is 0 Å². The third kappa shape index (κ3) is 4.63. The number of anilines is 1. The average molecular weight is 351 g/mol. The number of nitrogens with zero attached hydrogens (tertiary/aromatic N) is 1. The number of urea groups is 1. The Morgan fingerprint density at radius 3 is 2.54 bits per heavy atom. The van der Waals surface area contributed by atoms with E-state index in [1.165, 1.54) is 5.56 Å². The molecule has 0 aromatic heterocycles. The van der Waals surface area contributed by atoms with Gasteiger partial charge in [0, 0.05) is 18.8 Å². The van der Waals surface area contributed by atoms with Crippen LogP contribution in [0.3, 0.4) is 0 Å². The normalized spacial score (nSPS) is 16.3. The lowest BCUT2D eigenvalue weighted by molar-refractivity contribution is -0.124. The minimum atomic E-state index is -0.392. The fourth-order valence-corrected chi connectivity index (χ4v) is 3.21. The molecule has 0 saturated carbocycles. The van der Waals surface area contributed by atoms with Gasteiger partial charge < -0.3 is 15.5 Å². The van der Waals surface area contributed by atoms with E-state index in [9.17, 15) is 9.59 Å². The molecular weight excluding hydrogens is 326 g/mol. The number of nitrogens with one attached hydrogen (secondary N) is 2. The molecule has 1 aliphatic heterocycles. The first-order chi connectivity index (χ1) is 12.6. The van der Waals surface area contributed by atoms with Crippen molar-refractivity contribution < 1.29 is 9.59 Å². The molecule has 26 heavy (non-hydrogen) atoms. The molecule has 5 heteroatoms. The Hall–Kier alpha value is -2.82. The van der Waals surface area contributed by atoms with Crippen LogP contribution in [0.1, 0.15) is 24.0 Å². The number of hydrogen-bond acceptors (Lipinski definition) is 2. The van der Waals surface area contributed by atoms with Crippen LogP contribution in [0, 0.1) is 6.92 Å². The molecule has 0 aliphatic carbocycles. The predicted molar refractivity (Wildman–Crippen MR) is 103 cm³/mol. The highest BCUT2D eigenvalue weighted by molar-refractivity contribution is 5.94. The van der Waals surface area contributed by atoms with Gasteiger partial charge in [0.2, 0.25) is 5.91 Å². The van der Waals surface area contributed by atoms with E-state index in [1.807, 2.05) is 61.5 Å². The van der Waals surface area contributed by atoms with Crippen LogP contribution >= 0.6 is 0 Å². The molecule has 2 aromatic rings. The van der Waals surface area contributed by atoms with Crippen LogP contribution in [0.4, 0.5) is 10.5 Å². The summed E-state index contributed by atoms with van der Waals surface area (Å²) >= 11 is 0. The largest absolute Gasteiger partial charge is 0.354 e. The number of carbonyl (C=O) groups is 2. The maximum atomic E-state index is 12.5. The Morgan fingerprint density at radius 1 is 1.08 bits per heavy atom. The van der Waals surface area contributed by atoms with Gasteiger partial charge in [-0.15, -0.1) is 0 Å². The molecule has 0 spiro atoms. The van der Waals surface area contributed by atoms with Gasteiger partial charge in [-0.25, -0.2) is 4.79 Å². The summed E-state index contributed by atoms with van der Waals surface area (Å²) in [6.07, 6.45) is 2.34. The summed E-state index contributed by atoms with van der Waals surface area (Å²) < 4.78 is 0. The average Bonchev–Trinajstić information content (AvgIpc) is 3.14. The van der Waals surface area contributed by atoms with E-state index in [4.69, 9.17) is 0 Å². The van der Waals surface area contributed by atoms with Gasteiger partial charge in [0.05, 0.1) is 0 Å². The van der Waals surface area contributed by atoms with E-state index in [2.05, 4.69) is 10.6 Å². The molecule has 0 radical (unpaired) electrons. The standard InChI is InChI=1S/C21H25N3O2/c1-16-9-11-18(12-10-16)23-21(26)24-15-5-8-19(24)20(25)22-14-13-17-6-3-2-4-7-17/h2-4,6-7,9-12,19H,5,8,13-15H2,1H3,(H,22,25)(H,23,26)/t19-/m1/s1. The maximum absolute atomic E-state index is 12.5. The van der Waals surface area contributed by atoms with Gasteiger partial charge in [0.25, 0.3) is 0 Å². The quantitative estimate of drug-likeness (QED) is 0.868. The summed E-state index contributed by atoms with van der Waals surface area (Å²) in [5, 5.41) is 5.85. The van der Waals surface area contributed by atoms with Gasteiger partial charge in [-0.2, -0.15) is 0 Å². The van der Waals surface area contributed by atoms with Crippen molar-refractivity contribution in [3.63, 3.8) is 0 Å². The first-order valence-corrected chi connectivity index (χ1v) is 9.09. The fourth-order valence-electron chi connectivity index (χ4n) is 3.21. The monoisotopic (exact) mass is 351 g/mol. The number of aryl methyl sites for hydroxylation is 1. The zero-order valence-electron chi connectivity index (χ0n) is 15.1. The van der Waals surface area contributed by atoms with Crippen molar-refractivity contribution in [2.24, 2.45) is 0 Å². The third-order valence-electron chi connectivity index (χ3n) is 4.67. The van der Waals surface area contributed by atoms with Gasteiger partial charge in [-0.1, -0.05) is 48.0 Å². The van der Waals surface area contributed by atoms with Gasteiger partial charge >= 0.3 is 6.03 Å². The Balaban J connectivity index is 1.52. The molecule has 0 unspecified atom stereocenters. The van der Waals surface area contributed by atoms with Crippen molar-refractivity contribution >= 4 is 17.6 Å². The van der Waals surface area contributed by atoms with Crippen molar-refractivity contribution in [2.75, 3.05) is 18.4 Å². The topological polar surface area (TPSA) is 61.4 Å². The molecule has 1 saturated heterocycles. The zero-order valence-corrected chi connectivity index (χ0v) is 15.1. The Labute approximate surface area is 154 Å². The van der Waals surface area contributed by atoms with E-state index >= 15 is 0 Å². The lowest BCUT2D eigenvalue weighted by Crippen LogP contribution is -2.47. The highest BCUT2D eigenvalue weighted by Crippen LogP contribution is 2.19. The highest BCUT2D eigenvalue weighted by atomic mass is 16.2. The first-order valence-electron chi connectivity index (χ1n) is 9.09. The van der Waals surface area contributed by atoms with Crippen LogP contribution in [0.15, 0.2) is 54.6 Å². The summed E-state index contributed by atoms with van der Waals surface area (Å²) in [5.41, 5.74) is 3.07. The van der Waals surface area contributed by atoms with Crippen LogP contribution in [-0.4, -0.2) is 36.0 Å². The molecule has 5 nitrogen and oxygen atoms in total. The van der Waals surface area contributed by atoms with Crippen molar-refractivity contribution in [3.05, 3.63) is 65.7 Å². The minimum absolute atomic E-state index is 0.0718. The van der Waals surface area contributed by atoms with E-state index < -0.39 is 6.04 Å². The van der Waals surface area contributed by atoms with Crippen LogP contribution in [0.2, 0.25) is 0 Å². The Kier molecular flexibility index (Phi) is 5.89. The zero-order chi connectivity index (χ0) is 18.4. The van der Waals surface area contributed by atoms with Gasteiger partial charge in [-0.05, 0) is 43.9 Å². The molecule has 2 N–H and O–H groups in total. The van der Waals surface area contributed by atoms with E-state index in [-0.39, 0.29) is 11.9 Å². The van der Waals surface area contributed by atoms with Crippen molar-refractivity contribution in [3.8, 4) is 0 Å². The third-order valence-corrected chi connectivity index (χ3v) is 4.67. The number of likely N-dealkylation sites (tertiary alicyclic amines) is 1. The minimum Gasteiger partial charge on any atom is -0.354 e. The lowest BCUT2D eigenvalue weighted by Gasteiger charge is -2.24. The molecule has 1 fully saturated rings. The van der Waals surface area contributed by atoms with E-state index in [0.717, 1.165) is 24.1 Å². The van der Waals surface area contributed by atoms with E-state index in [0.29, 0.717) is 19.5 Å². The second kappa shape index (κ2) is 8.52. The Morgan fingerprint density at radius 2 is 1.81 bits per heavy atom. The van der Waals surface area contributed by atoms with Gasteiger partial charge in [0.1, 0.15) is 6.04 Å². The maximum Gasteiger partial charge on any atom is 0.322 e. The van der Waals surface area contributed by atoms with Crippen molar-refractivity contribution in [2.45, 2.75) is 32.2 Å². The summed E-state index contributed by atoms with van der Waals surface area (Å²) in [4.78, 5) is 26.7. The lowest BCUT2D eigenvalue weighted by atomic mass is 10.1. The number of benzene rings is 2. The fraction of sp³-hybridized carbons (Fsp3) is 0.333. The number of rotatable bonds is 5. The molecule has 136 valence electrons. The van der Waals surface area contributed by atoms with Crippen LogP contribution < -0.4 is 10.6 Å². The molecule has 1 atom stereocenters. The van der Waals surface area contributed by atoms with Crippen LogP contribution in [-0.2, 0) is 11.2 Å². The highest BCUT2D eigenvalue weighted by Gasteiger charge is 2.33. The first kappa shape index (κ1) is 18.0. The summed E-state index contributed by atoms with van der Waals surface area (Å²) in [5.74, 6) is -0.0718. The molecular formula is C21H25N3O2. The SMILES string of the molecule is Cc1ccc(NC(=O)N2CCC[C@@H]2C(=O)NCCc2ccccc2)cc1. The van der Waals surface area contributed by atoms with Gasteiger partial charge in [0.15, 0.2) is 0 Å². The Bertz CT molecular complexity index is 744. The summed E-state index contributed by atoms with van der Waals surface area (Å²) in [7, 11) is 0. The molecule has 0 bridgehead atoms. The molecule has 1 heterocycles. The molecule has 3 amide bonds. The van der Waals surface area contributed by atoms with Crippen molar-refractivity contribution in [1.82, 2.24) is 10.2 Å². The molecule has 2 aromatic carbocycles. The molecule has 3 rings (SSSR count). The predicted octanol–water partition coefficient (Wildman–Crippen LogP) is 3.35. The smallest absolute Gasteiger partial charge is 0.322 e. The second-order valence-corrected chi connectivity index (χ2v) is 6.67. The summed E-state index contributed by atoms with van der Waals surface area (Å²) in [6, 6.07) is 17.1. The van der Waals surface area contributed by atoms with Crippen LogP contribution in [0.5, 0.6) is 0 Å². The van der Waals surface area contributed by atoms with Crippen molar-refractivity contribution in [1.29, 1.82) is 0 Å². The number of amides is 3. The molecule has 1 aliphatic rings. The second-order valence-electron chi connectivity index (χ2n) is 6.67. The number of hydrogen-bond donors (Lipinski definition) is 2. The van der Waals surface area contributed by atoms with Gasteiger partial charge in [-0.3, -0.25) is 4.79 Å². The van der Waals surface area contributed by atoms with E-state index in [1.54, 1.807) is 4.90 Å².